The number of carbonyl (C=O) groups is 1. The first-order valence-electron chi connectivity index (χ1n) is 11.8. The molecule has 4 N–H and O–H groups in total. The monoisotopic (exact) mass is 561 g/mol. The Morgan fingerprint density at radius 1 is 1.11 bits per heavy atom. The van der Waals surface area contributed by atoms with E-state index in [9.17, 15) is 41.7 Å². The second-order valence-electron chi connectivity index (χ2n) is 9.97. The standard InChI is InChI=1S/C25H27ClF3NO6S/c1-12(31)21(32)11-25(34)14-3-4-15(25)8-17(7-14)37(35,36)22-6-13(2-5-18(22)26)24(33)30-16-9-19(27)23(29)20(28)10-16/h2,5-6,9-10,12,14-15,17,21,31-32,34H,3-4,7-8,11H2,1H3,(H,30,33)/t12?,14?,15?,17-,21?,25-. The number of rotatable bonds is 7. The lowest BCUT2D eigenvalue weighted by molar-refractivity contribution is -0.106. The van der Waals surface area contributed by atoms with Crippen molar-refractivity contribution in [3.8, 4) is 0 Å². The number of aliphatic hydroxyl groups is 3. The second-order valence-corrected chi connectivity index (χ2v) is 12.6. The van der Waals surface area contributed by atoms with Crippen LogP contribution in [0, 0.1) is 29.3 Å². The zero-order valence-electron chi connectivity index (χ0n) is 19.8. The van der Waals surface area contributed by atoms with E-state index in [0.29, 0.717) is 25.0 Å². The van der Waals surface area contributed by atoms with E-state index in [4.69, 9.17) is 11.6 Å². The van der Waals surface area contributed by atoms with Gasteiger partial charge in [-0.3, -0.25) is 4.79 Å². The number of hydrogen-bond donors (Lipinski definition) is 4. The third-order valence-electron chi connectivity index (χ3n) is 7.65. The molecule has 12 heteroatoms. The second kappa shape index (κ2) is 10.2. The summed E-state index contributed by atoms with van der Waals surface area (Å²) < 4.78 is 67.4. The van der Waals surface area contributed by atoms with Crippen LogP contribution in [0.15, 0.2) is 35.2 Å². The number of nitrogens with one attached hydrogen (secondary N) is 1. The number of sulfone groups is 1. The smallest absolute Gasteiger partial charge is 0.255 e. The molecule has 0 radical (unpaired) electrons. The minimum atomic E-state index is -4.07. The number of aliphatic hydroxyl groups excluding tert-OH is 2. The van der Waals surface area contributed by atoms with Crippen molar-refractivity contribution in [1.82, 2.24) is 0 Å². The van der Waals surface area contributed by atoms with Gasteiger partial charge in [0.15, 0.2) is 27.3 Å². The number of benzene rings is 2. The first-order valence-corrected chi connectivity index (χ1v) is 13.7. The van der Waals surface area contributed by atoms with E-state index in [1.54, 1.807) is 0 Å². The van der Waals surface area contributed by atoms with Gasteiger partial charge in [-0.25, -0.2) is 21.6 Å². The minimum Gasteiger partial charge on any atom is -0.391 e. The Morgan fingerprint density at radius 3 is 2.22 bits per heavy atom. The van der Waals surface area contributed by atoms with Crippen LogP contribution < -0.4 is 5.32 Å². The molecule has 0 heterocycles. The van der Waals surface area contributed by atoms with Gasteiger partial charge in [0.1, 0.15) is 0 Å². The lowest BCUT2D eigenvalue weighted by atomic mass is 9.71. The Morgan fingerprint density at radius 2 is 1.68 bits per heavy atom. The summed E-state index contributed by atoms with van der Waals surface area (Å²) >= 11 is 6.21. The Hall–Kier alpha value is -2.18. The van der Waals surface area contributed by atoms with Gasteiger partial charge in [-0.1, -0.05) is 11.6 Å². The SMILES string of the molecule is CC(O)C(O)C[C@]1(O)C2CCC1C[C@@H](S(=O)(=O)c1cc(C(=O)Nc3cc(F)c(F)c(F)c3)ccc1Cl)C2. The van der Waals surface area contributed by atoms with E-state index < -0.39 is 68.1 Å². The summed E-state index contributed by atoms with van der Waals surface area (Å²) in [6.45, 7) is 1.42. The predicted molar refractivity (Wildman–Crippen MR) is 129 cm³/mol. The van der Waals surface area contributed by atoms with Crippen LogP contribution in [0.2, 0.25) is 5.02 Å². The highest BCUT2D eigenvalue weighted by atomic mass is 35.5. The molecule has 4 unspecified atom stereocenters. The molecule has 0 aliphatic heterocycles. The average Bonchev–Trinajstić information content (AvgIpc) is 2.98. The fourth-order valence-electron chi connectivity index (χ4n) is 5.58. The first kappa shape index (κ1) is 27.8. The normalized spacial score (nSPS) is 27.1. The van der Waals surface area contributed by atoms with Crippen molar-refractivity contribution in [2.24, 2.45) is 11.8 Å². The van der Waals surface area contributed by atoms with Crippen molar-refractivity contribution in [3.05, 3.63) is 58.4 Å². The van der Waals surface area contributed by atoms with Crippen LogP contribution in [0.5, 0.6) is 0 Å². The molecule has 2 fully saturated rings. The van der Waals surface area contributed by atoms with E-state index in [2.05, 4.69) is 5.32 Å². The summed E-state index contributed by atoms with van der Waals surface area (Å²) in [6, 6.07) is 4.73. The van der Waals surface area contributed by atoms with Crippen LogP contribution >= 0.6 is 11.6 Å². The van der Waals surface area contributed by atoms with E-state index in [1.807, 2.05) is 0 Å². The summed E-state index contributed by atoms with van der Waals surface area (Å²) in [5.41, 5.74) is -1.81. The van der Waals surface area contributed by atoms with Gasteiger partial charge in [-0.2, -0.15) is 0 Å². The van der Waals surface area contributed by atoms with Gasteiger partial charge >= 0.3 is 0 Å². The van der Waals surface area contributed by atoms with Crippen LogP contribution in [-0.2, 0) is 9.84 Å². The van der Waals surface area contributed by atoms with E-state index in [1.165, 1.54) is 19.1 Å². The van der Waals surface area contributed by atoms with Crippen LogP contribution in [0.3, 0.4) is 0 Å². The van der Waals surface area contributed by atoms with Gasteiger partial charge in [-0.05, 0) is 62.6 Å². The van der Waals surface area contributed by atoms with Crippen LogP contribution in [0.4, 0.5) is 18.9 Å². The number of halogens is 4. The maximum absolute atomic E-state index is 13.6. The highest BCUT2D eigenvalue weighted by Crippen LogP contribution is 2.54. The van der Waals surface area contributed by atoms with E-state index >= 15 is 0 Å². The highest BCUT2D eigenvalue weighted by Gasteiger charge is 2.56. The molecule has 2 aromatic carbocycles. The number of carbonyl (C=O) groups excluding carboxylic acids is 1. The molecule has 1 amide bonds. The molecule has 2 bridgehead atoms. The molecule has 202 valence electrons. The summed E-state index contributed by atoms with van der Waals surface area (Å²) in [4.78, 5) is 12.4. The molecule has 37 heavy (non-hydrogen) atoms. The summed E-state index contributed by atoms with van der Waals surface area (Å²) in [5.74, 6) is -6.39. The van der Waals surface area contributed by atoms with Gasteiger partial charge in [-0.15, -0.1) is 0 Å². The third kappa shape index (κ3) is 5.24. The molecule has 2 aliphatic carbocycles. The van der Waals surface area contributed by atoms with Gasteiger partial charge < -0.3 is 20.6 Å². The van der Waals surface area contributed by atoms with Gasteiger partial charge in [0.05, 0.1) is 33.0 Å². The maximum Gasteiger partial charge on any atom is 0.255 e. The highest BCUT2D eigenvalue weighted by molar-refractivity contribution is 7.92. The van der Waals surface area contributed by atoms with Crippen molar-refractivity contribution < 1.29 is 41.7 Å². The Labute approximate surface area is 217 Å². The molecule has 7 nitrogen and oxygen atoms in total. The lowest BCUT2D eigenvalue weighted by Crippen LogP contribution is -2.51. The first-order chi connectivity index (χ1) is 17.2. The predicted octanol–water partition coefficient (Wildman–Crippen LogP) is 3.83. The Balaban J connectivity index is 1.57. The number of anilines is 1. The summed E-state index contributed by atoms with van der Waals surface area (Å²) in [6.07, 6.45) is -0.880. The van der Waals surface area contributed by atoms with Crippen LogP contribution in [0.25, 0.3) is 0 Å². The molecule has 0 aromatic heterocycles. The lowest BCUT2D eigenvalue weighted by Gasteiger charge is -2.43. The van der Waals surface area contributed by atoms with Gasteiger partial charge in [0, 0.05) is 29.8 Å². The molecule has 4 rings (SSSR count). The molecule has 2 aromatic rings. The maximum atomic E-state index is 13.6. The van der Waals surface area contributed by atoms with Gasteiger partial charge in [0.25, 0.3) is 5.91 Å². The molecular formula is C25H27ClF3NO6S. The van der Waals surface area contributed by atoms with Crippen molar-refractivity contribution >= 4 is 33.0 Å². The summed E-state index contributed by atoms with van der Waals surface area (Å²) in [5, 5.41) is 32.3. The Kier molecular flexibility index (Phi) is 7.66. The van der Waals surface area contributed by atoms with Crippen molar-refractivity contribution in [2.45, 2.75) is 67.0 Å². The van der Waals surface area contributed by atoms with Crippen molar-refractivity contribution in [1.29, 1.82) is 0 Å². The Bertz CT molecular complexity index is 1280. The minimum absolute atomic E-state index is 0.0618. The van der Waals surface area contributed by atoms with E-state index in [-0.39, 0.29) is 40.4 Å². The third-order valence-corrected chi connectivity index (χ3v) is 10.3. The van der Waals surface area contributed by atoms with E-state index in [0.717, 1.165) is 6.07 Å². The zero-order chi connectivity index (χ0) is 27.3. The molecular weight excluding hydrogens is 535 g/mol. The number of fused-ring (bicyclic) bond motifs is 2. The van der Waals surface area contributed by atoms with Gasteiger partial charge in [0.2, 0.25) is 0 Å². The van der Waals surface area contributed by atoms with Crippen molar-refractivity contribution in [3.63, 3.8) is 0 Å². The number of amides is 1. The zero-order valence-corrected chi connectivity index (χ0v) is 21.4. The largest absolute Gasteiger partial charge is 0.391 e. The van der Waals surface area contributed by atoms with Crippen LogP contribution in [0.1, 0.15) is 49.4 Å². The summed E-state index contributed by atoms with van der Waals surface area (Å²) in [7, 11) is -4.07. The van der Waals surface area contributed by atoms with Crippen LogP contribution in [-0.4, -0.2) is 52.7 Å². The van der Waals surface area contributed by atoms with Crippen molar-refractivity contribution in [2.75, 3.05) is 5.32 Å². The molecule has 0 spiro atoms. The molecule has 2 aliphatic rings. The number of hydrogen-bond acceptors (Lipinski definition) is 6. The fraction of sp³-hybridized carbons (Fsp3) is 0.480. The molecule has 0 saturated heterocycles. The molecule has 4 atom stereocenters. The fourth-order valence-corrected chi connectivity index (χ4v) is 7.98. The quantitative estimate of drug-likeness (QED) is 0.381. The average molecular weight is 562 g/mol. The molecule has 2 saturated carbocycles. The topological polar surface area (TPSA) is 124 Å².